The van der Waals surface area contributed by atoms with Gasteiger partial charge in [0.2, 0.25) is 0 Å². The summed E-state index contributed by atoms with van der Waals surface area (Å²) in [6.45, 7) is -0.181. The molecule has 1 aliphatic heterocycles. The molecule has 1 aromatic carbocycles. The number of hydrogen-bond donors (Lipinski definition) is 0. The zero-order valence-corrected chi connectivity index (χ0v) is 9.34. The van der Waals surface area contributed by atoms with E-state index in [9.17, 15) is 9.18 Å². The Morgan fingerprint density at radius 3 is 2.76 bits per heavy atom. The first-order chi connectivity index (χ1) is 8.22. The van der Waals surface area contributed by atoms with Crippen LogP contribution in [0.15, 0.2) is 30.3 Å². The summed E-state index contributed by atoms with van der Waals surface area (Å²) in [5.41, 5.74) is 0.744. The van der Waals surface area contributed by atoms with Crippen LogP contribution in [0.1, 0.15) is 11.9 Å². The Bertz CT molecular complexity index is 381. The van der Waals surface area contributed by atoms with Crippen molar-refractivity contribution in [3.05, 3.63) is 35.9 Å². The van der Waals surface area contributed by atoms with Crippen LogP contribution in [0.5, 0.6) is 0 Å². The van der Waals surface area contributed by atoms with Gasteiger partial charge in [-0.25, -0.2) is 9.18 Å². The molecule has 1 aromatic rings. The first-order valence-electron chi connectivity index (χ1n) is 5.26. The van der Waals surface area contributed by atoms with Crippen LogP contribution in [0.4, 0.5) is 4.39 Å². The Labute approximate surface area is 98.3 Å². The van der Waals surface area contributed by atoms with Crippen LogP contribution in [-0.4, -0.2) is 32.0 Å². The van der Waals surface area contributed by atoms with Crippen molar-refractivity contribution >= 4 is 5.97 Å². The molecule has 2 rings (SSSR count). The highest BCUT2D eigenvalue weighted by Gasteiger charge is 2.38. The van der Waals surface area contributed by atoms with Gasteiger partial charge in [-0.15, -0.1) is 0 Å². The lowest BCUT2D eigenvalue weighted by Gasteiger charge is -2.31. The Balaban J connectivity index is 2.10. The molecule has 1 heterocycles. The Morgan fingerprint density at radius 1 is 1.41 bits per heavy atom. The number of carbonyl (C=O) groups excluding carboxylic acids is 1. The van der Waals surface area contributed by atoms with Crippen molar-refractivity contribution in [2.75, 3.05) is 13.7 Å². The standard InChI is InChI=1S/C12H13FO4/c1-15-11(14)10-9(13)7-16-12(17-10)8-5-3-2-4-6-8/h2-6,9-10,12H,7H2,1H3/t9-,10+,12?/m1/s1. The summed E-state index contributed by atoms with van der Waals surface area (Å²) in [7, 11) is 1.20. The lowest BCUT2D eigenvalue weighted by molar-refractivity contribution is -0.246. The minimum absolute atomic E-state index is 0.181. The molecule has 1 fully saturated rings. The molecule has 4 nitrogen and oxygen atoms in total. The summed E-state index contributed by atoms with van der Waals surface area (Å²) in [4.78, 5) is 11.3. The summed E-state index contributed by atoms with van der Waals surface area (Å²) in [5.74, 6) is -0.721. The van der Waals surface area contributed by atoms with E-state index in [4.69, 9.17) is 9.47 Å². The molecule has 3 atom stereocenters. The molecule has 1 aliphatic rings. The van der Waals surface area contributed by atoms with Gasteiger partial charge < -0.3 is 14.2 Å². The Hall–Kier alpha value is -1.46. The van der Waals surface area contributed by atoms with E-state index in [-0.39, 0.29) is 6.61 Å². The highest BCUT2D eigenvalue weighted by Crippen LogP contribution is 2.27. The first kappa shape index (κ1) is 12.0. The van der Waals surface area contributed by atoms with Crippen molar-refractivity contribution in [2.45, 2.75) is 18.6 Å². The van der Waals surface area contributed by atoms with Gasteiger partial charge in [-0.05, 0) is 0 Å². The highest BCUT2D eigenvalue weighted by molar-refractivity contribution is 5.75. The Kier molecular flexibility index (Phi) is 3.71. The van der Waals surface area contributed by atoms with Gasteiger partial charge in [0.25, 0.3) is 0 Å². The predicted molar refractivity (Wildman–Crippen MR) is 56.9 cm³/mol. The third-order valence-corrected chi connectivity index (χ3v) is 2.51. The summed E-state index contributed by atoms with van der Waals surface area (Å²) < 4.78 is 28.4. The molecule has 5 heteroatoms. The van der Waals surface area contributed by atoms with Gasteiger partial charge in [-0.1, -0.05) is 30.3 Å². The molecule has 0 spiro atoms. The molecule has 92 valence electrons. The fourth-order valence-corrected chi connectivity index (χ4v) is 1.63. The lowest BCUT2D eigenvalue weighted by atomic mass is 10.1. The summed E-state index contributed by atoms with van der Waals surface area (Å²) in [6.07, 6.45) is -3.45. The van der Waals surface area contributed by atoms with Crippen LogP contribution in [0.2, 0.25) is 0 Å². The number of ether oxygens (including phenoxy) is 3. The highest BCUT2D eigenvalue weighted by atomic mass is 19.1. The first-order valence-corrected chi connectivity index (χ1v) is 5.26. The van der Waals surface area contributed by atoms with Gasteiger partial charge in [0.05, 0.1) is 13.7 Å². The largest absolute Gasteiger partial charge is 0.467 e. The number of benzene rings is 1. The summed E-state index contributed by atoms with van der Waals surface area (Å²) in [5, 5.41) is 0. The van der Waals surface area contributed by atoms with Crippen LogP contribution in [0.25, 0.3) is 0 Å². The SMILES string of the molecule is COC(=O)[C@H]1OC(c2ccccc2)OC[C@H]1F. The predicted octanol–water partition coefficient (Wildman–Crippen LogP) is 1.61. The van der Waals surface area contributed by atoms with Crippen molar-refractivity contribution in [3.63, 3.8) is 0 Å². The lowest BCUT2D eigenvalue weighted by Crippen LogP contribution is -2.43. The number of rotatable bonds is 2. The van der Waals surface area contributed by atoms with Crippen molar-refractivity contribution in [3.8, 4) is 0 Å². The topological polar surface area (TPSA) is 44.8 Å². The maximum absolute atomic E-state index is 13.4. The Morgan fingerprint density at radius 2 is 2.12 bits per heavy atom. The number of methoxy groups -OCH3 is 1. The maximum Gasteiger partial charge on any atom is 0.338 e. The minimum atomic E-state index is -1.50. The maximum atomic E-state index is 13.4. The molecule has 0 radical (unpaired) electrons. The van der Waals surface area contributed by atoms with E-state index in [1.807, 2.05) is 18.2 Å². The van der Waals surface area contributed by atoms with Crippen LogP contribution in [0.3, 0.4) is 0 Å². The molecule has 17 heavy (non-hydrogen) atoms. The van der Waals surface area contributed by atoms with Crippen molar-refractivity contribution in [2.24, 2.45) is 0 Å². The van der Waals surface area contributed by atoms with Gasteiger partial charge in [0, 0.05) is 5.56 Å². The van der Waals surface area contributed by atoms with E-state index < -0.39 is 24.5 Å². The molecule has 1 saturated heterocycles. The van der Waals surface area contributed by atoms with E-state index in [1.165, 1.54) is 7.11 Å². The van der Waals surface area contributed by atoms with Gasteiger partial charge in [0.15, 0.2) is 18.6 Å². The van der Waals surface area contributed by atoms with E-state index in [2.05, 4.69) is 4.74 Å². The third-order valence-electron chi connectivity index (χ3n) is 2.51. The number of alkyl halides is 1. The molecule has 1 unspecified atom stereocenters. The van der Waals surface area contributed by atoms with E-state index >= 15 is 0 Å². The number of halogens is 1. The molecule has 0 N–H and O–H groups in total. The monoisotopic (exact) mass is 240 g/mol. The average molecular weight is 240 g/mol. The van der Waals surface area contributed by atoms with Gasteiger partial charge in [-0.3, -0.25) is 0 Å². The van der Waals surface area contributed by atoms with Crippen LogP contribution in [-0.2, 0) is 19.0 Å². The summed E-state index contributed by atoms with van der Waals surface area (Å²) in [6, 6.07) is 9.06. The zero-order chi connectivity index (χ0) is 12.3. The molecule has 0 aliphatic carbocycles. The van der Waals surface area contributed by atoms with Crippen LogP contribution < -0.4 is 0 Å². The number of hydrogen-bond acceptors (Lipinski definition) is 4. The van der Waals surface area contributed by atoms with E-state index in [1.54, 1.807) is 12.1 Å². The normalized spacial score (nSPS) is 28.7. The van der Waals surface area contributed by atoms with Crippen LogP contribution in [0, 0.1) is 0 Å². The zero-order valence-electron chi connectivity index (χ0n) is 9.34. The van der Waals surface area contributed by atoms with E-state index in [0.717, 1.165) is 5.56 Å². The molecular weight excluding hydrogens is 227 g/mol. The molecule has 0 amide bonds. The van der Waals surface area contributed by atoms with Crippen LogP contribution >= 0.6 is 0 Å². The van der Waals surface area contributed by atoms with Crippen molar-refractivity contribution in [1.82, 2.24) is 0 Å². The number of carbonyl (C=O) groups is 1. The second-order valence-electron chi connectivity index (χ2n) is 3.67. The van der Waals surface area contributed by atoms with Crippen molar-refractivity contribution in [1.29, 1.82) is 0 Å². The minimum Gasteiger partial charge on any atom is -0.467 e. The summed E-state index contributed by atoms with van der Waals surface area (Å²) >= 11 is 0. The van der Waals surface area contributed by atoms with E-state index in [0.29, 0.717) is 0 Å². The molecular formula is C12H13FO4. The van der Waals surface area contributed by atoms with Gasteiger partial charge in [-0.2, -0.15) is 0 Å². The fourth-order valence-electron chi connectivity index (χ4n) is 1.63. The molecule has 0 bridgehead atoms. The molecule has 0 aromatic heterocycles. The fraction of sp³-hybridized carbons (Fsp3) is 0.417. The van der Waals surface area contributed by atoms with Crippen molar-refractivity contribution < 1.29 is 23.4 Å². The number of esters is 1. The van der Waals surface area contributed by atoms with Gasteiger partial charge in [0.1, 0.15) is 0 Å². The third kappa shape index (κ3) is 2.62. The quantitative estimate of drug-likeness (QED) is 0.737. The second kappa shape index (κ2) is 5.25. The second-order valence-corrected chi connectivity index (χ2v) is 3.67. The van der Waals surface area contributed by atoms with Gasteiger partial charge >= 0.3 is 5.97 Å². The molecule has 0 saturated carbocycles. The smallest absolute Gasteiger partial charge is 0.338 e. The average Bonchev–Trinajstić information content (AvgIpc) is 2.39.